The lowest BCUT2D eigenvalue weighted by atomic mass is 9.73. The Kier molecular flexibility index (Phi) is 4.35. The van der Waals surface area contributed by atoms with E-state index in [1.807, 2.05) is 28.4 Å². The number of carbonyl (C=O) groups is 1. The van der Waals surface area contributed by atoms with Gasteiger partial charge in [-0.05, 0) is 35.2 Å². The Labute approximate surface area is 161 Å². The number of thiophene rings is 1. The summed E-state index contributed by atoms with van der Waals surface area (Å²) in [5.74, 6) is 1.09. The molecule has 1 amide bonds. The van der Waals surface area contributed by atoms with Gasteiger partial charge in [0.25, 0.3) is 0 Å². The number of nitrogens with zero attached hydrogens (tertiary/aromatic N) is 2. The molecule has 0 aromatic carbocycles. The third-order valence-corrected chi connectivity index (χ3v) is 7.67. The Morgan fingerprint density at radius 3 is 3.23 bits per heavy atom. The minimum absolute atomic E-state index is 0.0185. The number of rotatable bonds is 6. The second kappa shape index (κ2) is 6.71. The van der Waals surface area contributed by atoms with Gasteiger partial charge in [-0.1, -0.05) is 0 Å². The van der Waals surface area contributed by atoms with Crippen LogP contribution in [-0.4, -0.2) is 47.1 Å². The van der Waals surface area contributed by atoms with Gasteiger partial charge < -0.3 is 10.1 Å². The van der Waals surface area contributed by atoms with Gasteiger partial charge in [-0.25, -0.2) is 4.98 Å². The average Bonchev–Trinajstić information content (AvgIpc) is 3.40. The number of nitrogens with one attached hydrogen (secondary N) is 1. The number of likely N-dealkylation sites (tertiary alicyclic amines) is 1. The minimum Gasteiger partial charge on any atom is -0.370 e. The smallest absolute Gasteiger partial charge is 0.224 e. The van der Waals surface area contributed by atoms with E-state index in [1.54, 1.807) is 22.7 Å². The molecule has 1 N–H and O–H groups in total. The average molecular weight is 390 g/mol. The van der Waals surface area contributed by atoms with Gasteiger partial charge in [-0.3, -0.25) is 9.69 Å². The van der Waals surface area contributed by atoms with Crippen molar-refractivity contribution in [3.8, 4) is 0 Å². The van der Waals surface area contributed by atoms with Crippen LogP contribution >= 0.6 is 22.7 Å². The second-order valence-electron chi connectivity index (χ2n) is 7.74. The zero-order valence-corrected chi connectivity index (χ0v) is 16.2. The van der Waals surface area contributed by atoms with Crippen molar-refractivity contribution < 1.29 is 9.53 Å². The highest BCUT2D eigenvalue weighted by molar-refractivity contribution is 7.09. The van der Waals surface area contributed by atoms with E-state index in [9.17, 15) is 4.79 Å². The van der Waals surface area contributed by atoms with Crippen LogP contribution < -0.4 is 5.32 Å². The first-order valence-electron chi connectivity index (χ1n) is 9.28. The zero-order chi connectivity index (χ0) is 17.6. The highest BCUT2D eigenvalue weighted by atomic mass is 32.1. The number of carbonyl (C=O) groups excluding carboxylic acids is 1. The van der Waals surface area contributed by atoms with E-state index >= 15 is 0 Å². The maximum atomic E-state index is 12.3. The number of fused-ring (bicyclic) bond motifs is 1. The summed E-state index contributed by atoms with van der Waals surface area (Å²) in [6, 6.07) is 2.02. The van der Waals surface area contributed by atoms with Crippen molar-refractivity contribution in [3.05, 3.63) is 39.0 Å². The molecule has 0 radical (unpaired) electrons. The van der Waals surface area contributed by atoms with Crippen LogP contribution in [0.2, 0.25) is 0 Å². The first-order valence-corrected chi connectivity index (χ1v) is 11.1. The van der Waals surface area contributed by atoms with E-state index < -0.39 is 0 Å². The summed E-state index contributed by atoms with van der Waals surface area (Å²) in [5.41, 5.74) is 1.12. The molecule has 4 atom stereocenters. The summed E-state index contributed by atoms with van der Waals surface area (Å²) in [7, 11) is 0. The summed E-state index contributed by atoms with van der Waals surface area (Å²) in [4.78, 5) is 19.2. The first kappa shape index (κ1) is 16.9. The highest BCUT2D eigenvalue weighted by Crippen LogP contribution is 2.54. The lowest BCUT2D eigenvalue weighted by Gasteiger charge is -2.29. The summed E-state index contributed by atoms with van der Waals surface area (Å²) < 4.78 is 6.48. The van der Waals surface area contributed by atoms with Crippen molar-refractivity contribution in [3.63, 3.8) is 0 Å². The Hall–Kier alpha value is -1.28. The van der Waals surface area contributed by atoms with Crippen LogP contribution in [-0.2, 0) is 22.5 Å². The predicted octanol–water partition coefficient (Wildman–Crippen LogP) is 2.54. The fourth-order valence-corrected chi connectivity index (χ4v) is 6.40. The van der Waals surface area contributed by atoms with E-state index in [2.05, 4.69) is 15.2 Å². The molecule has 1 spiro atoms. The van der Waals surface area contributed by atoms with Crippen molar-refractivity contribution >= 4 is 28.6 Å². The van der Waals surface area contributed by atoms with Crippen molar-refractivity contribution in [2.45, 2.75) is 37.5 Å². The van der Waals surface area contributed by atoms with Crippen LogP contribution in [0, 0.1) is 11.8 Å². The van der Waals surface area contributed by atoms with Gasteiger partial charge in [0.15, 0.2) is 0 Å². The van der Waals surface area contributed by atoms with Crippen molar-refractivity contribution in [2.75, 3.05) is 19.6 Å². The fraction of sp³-hybridized carbons (Fsp3) is 0.579. The van der Waals surface area contributed by atoms with Crippen molar-refractivity contribution in [2.24, 2.45) is 11.8 Å². The standard InChI is InChI=1S/C19H23N3O2S2/c23-17(7-13-2-5-25-11-13)21-8-14-15-9-22(10-18-20-4-6-26-18)12-19(15)3-1-16(14)24-19/h2,4-6,11,14-16H,1,3,7-10,12H2,(H,21,23)/t14-,15+,16+,19+/m0/s1. The predicted molar refractivity (Wildman–Crippen MR) is 102 cm³/mol. The normalized spacial score (nSPS) is 32.8. The second-order valence-corrected chi connectivity index (χ2v) is 9.50. The van der Waals surface area contributed by atoms with Crippen LogP contribution in [0.1, 0.15) is 23.4 Å². The SMILES string of the molecule is O=C(Cc1ccsc1)NC[C@H]1[C@H]2CN(Cc3nccs3)C[C@]23CC[C@H]1O3. The van der Waals surface area contributed by atoms with Crippen LogP contribution in [0.4, 0.5) is 0 Å². The molecule has 26 heavy (non-hydrogen) atoms. The van der Waals surface area contributed by atoms with Gasteiger partial charge >= 0.3 is 0 Å². The van der Waals surface area contributed by atoms with E-state index in [4.69, 9.17) is 4.74 Å². The van der Waals surface area contributed by atoms with E-state index in [0.717, 1.165) is 44.6 Å². The molecule has 7 heteroatoms. The third kappa shape index (κ3) is 3.01. The molecule has 2 aromatic rings. The number of amides is 1. The maximum Gasteiger partial charge on any atom is 0.224 e. The Morgan fingerprint density at radius 2 is 2.42 bits per heavy atom. The number of hydrogen-bond acceptors (Lipinski definition) is 6. The molecule has 0 unspecified atom stereocenters. The molecule has 3 aliphatic heterocycles. The Bertz CT molecular complexity index is 764. The molecule has 3 aliphatic rings. The van der Waals surface area contributed by atoms with E-state index in [1.165, 1.54) is 5.01 Å². The summed E-state index contributed by atoms with van der Waals surface area (Å²) in [5, 5.41) is 10.5. The molecule has 3 fully saturated rings. The van der Waals surface area contributed by atoms with Crippen LogP contribution in [0.25, 0.3) is 0 Å². The quantitative estimate of drug-likeness (QED) is 0.825. The summed E-state index contributed by atoms with van der Waals surface area (Å²) in [6.07, 6.45) is 4.97. The Morgan fingerprint density at radius 1 is 1.46 bits per heavy atom. The molecule has 2 aromatic heterocycles. The Balaban J connectivity index is 1.21. The van der Waals surface area contributed by atoms with E-state index in [-0.39, 0.29) is 11.5 Å². The largest absolute Gasteiger partial charge is 0.370 e. The maximum absolute atomic E-state index is 12.3. The topological polar surface area (TPSA) is 54.5 Å². The first-order chi connectivity index (χ1) is 12.7. The van der Waals surface area contributed by atoms with Crippen LogP contribution in [0.5, 0.6) is 0 Å². The van der Waals surface area contributed by atoms with Gasteiger partial charge in [0.05, 0.1) is 24.7 Å². The summed E-state index contributed by atoms with van der Waals surface area (Å²) >= 11 is 3.36. The third-order valence-electron chi connectivity index (χ3n) is 6.18. The monoisotopic (exact) mass is 389 g/mol. The lowest BCUT2D eigenvalue weighted by molar-refractivity contribution is -0.120. The molecule has 138 valence electrons. The number of hydrogen-bond donors (Lipinski definition) is 1. The van der Waals surface area contributed by atoms with Crippen LogP contribution in [0.3, 0.4) is 0 Å². The molecular formula is C19H23N3O2S2. The molecule has 5 rings (SSSR count). The van der Waals surface area contributed by atoms with Crippen molar-refractivity contribution in [1.82, 2.24) is 15.2 Å². The molecule has 0 aliphatic carbocycles. The number of aromatic nitrogens is 1. The van der Waals surface area contributed by atoms with Gasteiger partial charge in [0, 0.05) is 43.0 Å². The molecule has 2 bridgehead atoms. The molecule has 0 saturated carbocycles. The van der Waals surface area contributed by atoms with Gasteiger partial charge in [-0.2, -0.15) is 11.3 Å². The van der Waals surface area contributed by atoms with Gasteiger partial charge in [0.2, 0.25) is 5.91 Å². The minimum atomic E-state index is 0.0185. The number of thiazole rings is 1. The van der Waals surface area contributed by atoms with Gasteiger partial charge in [0.1, 0.15) is 5.01 Å². The molecule has 5 heterocycles. The molecular weight excluding hydrogens is 366 g/mol. The highest BCUT2D eigenvalue weighted by Gasteiger charge is 2.62. The fourth-order valence-electron chi connectivity index (χ4n) is 5.08. The molecule has 3 saturated heterocycles. The van der Waals surface area contributed by atoms with Gasteiger partial charge in [-0.15, -0.1) is 11.3 Å². The number of ether oxygens (including phenoxy) is 1. The zero-order valence-electron chi connectivity index (χ0n) is 14.6. The summed E-state index contributed by atoms with van der Waals surface area (Å²) in [6.45, 7) is 3.72. The molecule has 5 nitrogen and oxygen atoms in total. The van der Waals surface area contributed by atoms with E-state index in [0.29, 0.717) is 24.4 Å². The lowest BCUT2D eigenvalue weighted by Crippen LogP contribution is -2.42. The van der Waals surface area contributed by atoms with Crippen LogP contribution in [0.15, 0.2) is 28.4 Å². The van der Waals surface area contributed by atoms with Crippen molar-refractivity contribution in [1.29, 1.82) is 0 Å².